The van der Waals surface area contributed by atoms with E-state index >= 15 is 4.79 Å². The SMILES string of the molecule is CC(=O)O[C@H]1CC[C@]2(C)[C@H]3CC=C4[C@@H]5[C@@H](C)[C@H](C)CC[C@]5(C(=O)N5CCN(C(=S)Nc6ccc(C(F)(F)F)cc6)CC5)CC[C@@]4(C)[C@]3(C)CC[C@H]2C1(C)C. The standard InChI is InChI=1S/C44H62F3N3O3S/c1-27-15-20-43(37(52)49-23-25-50(26-24-49)38(54)48-31-11-9-30(10-12-31)44(45,46)47)22-21-41(7)32(36(43)28(27)2)13-14-34-40(6)18-17-35(53-29(3)51)39(4,5)33(40)16-19-42(34,41)8/h9-13,27-28,33-36H,14-26H2,1-8H3,(H,48,54)/t27-,28+,33+,34-,35+,36+,40+,41-,42-,43+/m1/s1. The van der Waals surface area contributed by atoms with Crippen LogP contribution < -0.4 is 5.32 Å². The lowest BCUT2D eigenvalue weighted by Gasteiger charge is -2.71. The predicted molar refractivity (Wildman–Crippen MR) is 210 cm³/mol. The van der Waals surface area contributed by atoms with Crippen molar-refractivity contribution in [3.63, 3.8) is 0 Å². The number of hydrogen-bond acceptors (Lipinski definition) is 4. The number of rotatable bonds is 3. The minimum absolute atomic E-state index is 0.00932. The van der Waals surface area contributed by atoms with E-state index in [1.165, 1.54) is 12.1 Å². The zero-order valence-corrected chi connectivity index (χ0v) is 34.5. The van der Waals surface area contributed by atoms with Crippen LogP contribution in [0.2, 0.25) is 0 Å². The number of amides is 1. The zero-order chi connectivity index (χ0) is 39.2. The van der Waals surface area contributed by atoms with Crippen LogP contribution in [0, 0.1) is 56.7 Å². The number of benzene rings is 1. The molecule has 1 saturated heterocycles. The fourth-order valence-electron chi connectivity index (χ4n) is 13.6. The summed E-state index contributed by atoms with van der Waals surface area (Å²) in [6.07, 6.45) is 7.46. The summed E-state index contributed by atoms with van der Waals surface area (Å²) in [6, 6.07) is 4.93. The molecule has 7 rings (SSSR count). The molecule has 1 aromatic carbocycles. The molecule has 0 spiro atoms. The summed E-state index contributed by atoms with van der Waals surface area (Å²) in [5, 5.41) is 3.57. The van der Waals surface area contributed by atoms with Gasteiger partial charge in [-0.15, -0.1) is 0 Å². The van der Waals surface area contributed by atoms with Gasteiger partial charge in [0.05, 0.1) is 11.0 Å². The van der Waals surface area contributed by atoms with Crippen molar-refractivity contribution in [3.8, 4) is 0 Å². The van der Waals surface area contributed by atoms with E-state index in [-0.39, 0.29) is 39.7 Å². The van der Waals surface area contributed by atoms with Crippen LogP contribution in [0.4, 0.5) is 18.9 Å². The van der Waals surface area contributed by atoms with Crippen molar-refractivity contribution in [3.05, 3.63) is 41.5 Å². The van der Waals surface area contributed by atoms with Crippen LogP contribution in [0.25, 0.3) is 0 Å². The van der Waals surface area contributed by atoms with Crippen LogP contribution in [-0.4, -0.2) is 59.1 Å². The molecule has 54 heavy (non-hydrogen) atoms. The number of allylic oxidation sites excluding steroid dienone is 2. The maximum atomic E-state index is 15.1. The van der Waals surface area contributed by atoms with E-state index in [0.29, 0.717) is 66.6 Å². The van der Waals surface area contributed by atoms with Gasteiger partial charge in [0.2, 0.25) is 5.91 Å². The molecule has 1 aliphatic heterocycles. The third-order valence-electron chi connectivity index (χ3n) is 17.0. The fraction of sp³-hybridized carbons (Fsp3) is 0.750. The topological polar surface area (TPSA) is 61.9 Å². The molecular weight excluding hydrogens is 708 g/mol. The number of hydrogen-bond donors (Lipinski definition) is 1. The summed E-state index contributed by atoms with van der Waals surface area (Å²) in [6.45, 7) is 21.1. The van der Waals surface area contributed by atoms with E-state index in [2.05, 4.69) is 64.8 Å². The number of esters is 1. The zero-order valence-electron chi connectivity index (χ0n) is 33.7. The van der Waals surface area contributed by atoms with Crippen molar-refractivity contribution in [1.82, 2.24) is 9.80 Å². The number of nitrogens with zero attached hydrogens (tertiary/aromatic N) is 2. The summed E-state index contributed by atoms with van der Waals surface area (Å²) in [5.41, 5.74) is 1.17. The molecule has 0 bridgehead atoms. The van der Waals surface area contributed by atoms with Gasteiger partial charge in [-0.2, -0.15) is 13.2 Å². The smallest absolute Gasteiger partial charge is 0.416 e. The lowest BCUT2D eigenvalue weighted by Crippen LogP contribution is -2.66. The molecule has 0 aromatic heterocycles. The largest absolute Gasteiger partial charge is 0.462 e. The van der Waals surface area contributed by atoms with Gasteiger partial charge in [-0.05, 0) is 140 Å². The first-order chi connectivity index (χ1) is 25.2. The lowest BCUT2D eigenvalue weighted by atomic mass is 9.33. The van der Waals surface area contributed by atoms with Gasteiger partial charge >= 0.3 is 12.1 Å². The van der Waals surface area contributed by atoms with E-state index in [1.54, 1.807) is 12.5 Å². The third-order valence-corrected chi connectivity index (χ3v) is 17.3. The van der Waals surface area contributed by atoms with E-state index < -0.39 is 17.2 Å². The Bertz CT molecular complexity index is 1690. The second-order valence-corrected chi connectivity index (χ2v) is 19.9. The number of alkyl halides is 3. The molecule has 5 aliphatic carbocycles. The number of nitrogens with one attached hydrogen (secondary N) is 1. The number of thiocarbonyl (C=S) groups is 1. The summed E-state index contributed by atoms with van der Waals surface area (Å²) in [4.78, 5) is 31.3. The number of piperazine rings is 1. The van der Waals surface area contributed by atoms with Gasteiger partial charge in [-0.25, -0.2) is 0 Å². The number of ether oxygens (including phenoxy) is 1. The minimum atomic E-state index is -4.39. The molecule has 1 N–H and O–H groups in total. The van der Waals surface area contributed by atoms with E-state index in [0.717, 1.165) is 69.9 Å². The summed E-state index contributed by atoms with van der Waals surface area (Å²) in [5.74, 6) is 2.31. The fourth-order valence-corrected chi connectivity index (χ4v) is 13.9. The van der Waals surface area contributed by atoms with Crippen molar-refractivity contribution >= 4 is 34.9 Å². The highest BCUT2D eigenvalue weighted by molar-refractivity contribution is 7.80. The first-order valence-corrected chi connectivity index (χ1v) is 21.0. The number of carbonyl (C=O) groups excluding carboxylic acids is 2. The molecular formula is C44H62F3N3O3S. The number of carbonyl (C=O) groups is 2. The Morgan fingerprint density at radius 3 is 2.13 bits per heavy atom. The van der Waals surface area contributed by atoms with Crippen LogP contribution in [0.15, 0.2) is 35.9 Å². The quantitative estimate of drug-likeness (QED) is 0.188. The molecule has 1 amide bonds. The van der Waals surface area contributed by atoms with Crippen molar-refractivity contribution in [1.29, 1.82) is 0 Å². The Labute approximate surface area is 326 Å². The van der Waals surface area contributed by atoms with Crippen LogP contribution in [0.5, 0.6) is 0 Å². The molecule has 1 aromatic rings. The van der Waals surface area contributed by atoms with Gasteiger partial charge in [0.1, 0.15) is 6.10 Å². The minimum Gasteiger partial charge on any atom is -0.462 e. The molecule has 0 unspecified atom stereocenters. The molecule has 10 atom stereocenters. The Balaban J connectivity index is 1.11. The summed E-state index contributed by atoms with van der Waals surface area (Å²) < 4.78 is 45.2. The predicted octanol–water partition coefficient (Wildman–Crippen LogP) is 10.1. The normalized spacial score (nSPS) is 40.2. The molecule has 6 nitrogen and oxygen atoms in total. The lowest BCUT2D eigenvalue weighted by molar-refractivity contribution is -0.213. The summed E-state index contributed by atoms with van der Waals surface area (Å²) >= 11 is 5.68. The van der Waals surface area contributed by atoms with Gasteiger partial charge < -0.3 is 19.9 Å². The highest BCUT2D eigenvalue weighted by Gasteiger charge is 2.70. The molecule has 6 aliphatic rings. The van der Waals surface area contributed by atoms with Crippen molar-refractivity contribution in [2.24, 2.45) is 56.7 Å². The highest BCUT2D eigenvalue weighted by atomic mass is 32.1. The Kier molecular flexibility index (Phi) is 9.90. The maximum Gasteiger partial charge on any atom is 0.416 e. The molecule has 4 saturated carbocycles. The van der Waals surface area contributed by atoms with Crippen molar-refractivity contribution < 1.29 is 27.5 Å². The van der Waals surface area contributed by atoms with E-state index in [9.17, 15) is 18.0 Å². The number of anilines is 1. The van der Waals surface area contributed by atoms with Gasteiger partial charge in [0, 0.05) is 44.2 Å². The highest BCUT2D eigenvalue weighted by Crippen LogP contribution is 2.76. The second kappa shape index (κ2) is 13.5. The van der Waals surface area contributed by atoms with Gasteiger partial charge in [0.25, 0.3) is 0 Å². The summed E-state index contributed by atoms with van der Waals surface area (Å²) in [7, 11) is 0. The number of halogens is 3. The van der Waals surface area contributed by atoms with Gasteiger partial charge in [0.15, 0.2) is 5.11 Å². The van der Waals surface area contributed by atoms with Gasteiger partial charge in [-0.3, -0.25) is 9.59 Å². The molecule has 5 fully saturated rings. The van der Waals surface area contributed by atoms with Crippen molar-refractivity contribution in [2.75, 3.05) is 31.5 Å². The first kappa shape index (κ1) is 39.6. The Morgan fingerprint density at radius 2 is 1.50 bits per heavy atom. The average molecular weight is 770 g/mol. The van der Waals surface area contributed by atoms with Gasteiger partial charge in [-0.1, -0.05) is 60.1 Å². The third kappa shape index (κ3) is 6.04. The van der Waals surface area contributed by atoms with Crippen LogP contribution >= 0.6 is 12.2 Å². The van der Waals surface area contributed by atoms with Crippen LogP contribution in [0.3, 0.4) is 0 Å². The van der Waals surface area contributed by atoms with E-state index in [4.69, 9.17) is 17.0 Å². The molecule has 298 valence electrons. The number of fused-ring (bicyclic) bond motifs is 7. The van der Waals surface area contributed by atoms with Crippen LogP contribution in [0.1, 0.15) is 119 Å². The Morgan fingerprint density at radius 1 is 0.852 bits per heavy atom. The van der Waals surface area contributed by atoms with E-state index in [1.807, 2.05) is 4.90 Å². The monoisotopic (exact) mass is 769 g/mol. The molecule has 1 heterocycles. The second-order valence-electron chi connectivity index (χ2n) is 19.5. The first-order valence-electron chi connectivity index (χ1n) is 20.6. The Hall–Kier alpha value is -2.62. The molecule has 0 radical (unpaired) electrons. The van der Waals surface area contributed by atoms with Crippen LogP contribution in [-0.2, 0) is 20.5 Å². The maximum absolute atomic E-state index is 15.1. The molecule has 10 heteroatoms. The van der Waals surface area contributed by atoms with Crippen molar-refractivity contribution in [2.45, 2.75) is 125 Å². The average Bonchev–Trinajstić information content (AvgIpc) is 3.11.